The zero-order chi connectivity index (χ0) is 9.42. The summed E-state index contributed by atoms with van der Waals surface area (Å²) < 4.78 is 1.80. The first kappa shape index (κ1) is 8.25. The highest BCUT2D eigenvalue weighted by atomic mass is 32.1. The number of fused-ring (bicyclic) bond motifs is 1. The molecule has 0 N–H and O–H groups in total. The number of carbonyl (C=O) groups is 1. The normalized spacial score (nSPS) is 10.6. The third kappa shape index (κ3) is 1.12. The van der Waals surface area contributed by atoms with E-state index >= 15 is 0 Å². The second-order valence-electron chi connectivity index (χ2n) is 2.89. The van der Waals surface area contributed by atoms with Gasteiger partial charge in [-0.15, -0.1) is 11.3 Å². The summed E-state index contributed by atoms with van der Waals surface area (Å²) in [6.07, 6.45) is 2.69. The summed E-state index contributed by atoms with van der Waals surface area (Å²) in [6.45, 7) is 0. The predicted molar refractivity (Wildman–Crippen MR) is 52.8 cm³/mol. The van der Waals surface area contributed by atoms with Crippen LogP contribution in [0, 0.1) is 0 Å². The van der Waals surface area contributed by atoms with Crippen molar-refractivity contribution in [3.8, 4) is 0 Å². The fourth-order valence-electron chi connectivity index (χ4n) is 1.23. The molecule has 0 aromatic carbocycles. The highest BCUT2D eigenvalue weighted by molar-refractivity contribution is 7.15. The average molecular weight is 195 g/mol. The number of hydrogen-bond acceptors (Lipinski definition) is 4. The van der Waals surface area contributed by atoms with Crippen molar-refractivity contribution in [2.24, 2.45) is 0 Å². The Kier molecular flexibility index (Phi) is 1.81. The van der Waals surface area contributed by atoms with Crippen LogP contribution in [0.4, 0.5) is 5.82 Å². The first-order valence-corrected chi connectivity index (χ1v) is 4.70. The lowest BCUT2D eigenvalue weighted by molar-refractivity contribution is 0.111. The first-order chi connectivity index (χ1) is 6.24. The van der Waals surface area contributed by atoms with E-state index < -0.39 is 0 Å². The van der Waals surface area contributed by atoms with Gasteiger partial charge in [-0.25, -0.2) is 4.98 Å². The number of aldehydes is 1. The lowest BCUT2D eigenvalue weighted by Crippen LogP contribution is -2.11. The van der Waals surface area contributed by atoms with Crippen LogP contribution < -0.4 is 4.90 Å². The maximum Gasteiger partial charge on any atom is 0.196 e. The molecule has 5 heteroatoms. The number of aromatic nitrogens is 2. The Morgan fingerprint density at radius 3 is 3.00 bits per heavy atom. The first-order valence-electron chi connectivity index (χ1n) is 3.82. The van der Waals surface area contributed by atoms with Gasteiger partial charge in [0, 0.05) is 25.7 Å². The van der Waals surface area contributed by atoms with Gasteiger partial charge < -0.3 is 4.90 Å². The number of thiazole rings is 1. The second kappa shape index (κ2) is 2.85. The molecule has 2 rings (SSSR count). The van der Waals surface area contributed by atoms with Gasteiger partial charge in [0.25, 0.3) is 0 Å². The molecule has 4 nitrogen and oxygen atoms in total. The van der Waals surface area contributed by atoms with Crippen molar-refractivity contribution < 1.29 is 4.79 Å². The minimum Gasteiger partial charge on any atom is -0.361 e. The molecule has 0 atom stereocenters. The Morgan fingerprint density at radius 1 is 1.62 bits per heavy atom. The highest BCUT2D eigenvalue weighted by Crippen LogP contribution is 2.21. The van der Waals surface area contributed by atoms with Gasteiger partial charge in [-0.2, -0.15) is 0 Å². The fraction of sp³-hybridized carbons (Fsp3) is 0.250. The fourth-order valence-corrected chi connectivity index (χ4v) is 1.95. The molecule has 0 aliphatic rings. The summed E-state index contributed by atoms with van der Waals surface area (Å²) in [7, 11) is 3.75. The van der Waals surface area contributed by atoms with Crippen LogP contribution in [0.15, 0.2) is 11.6 Å². The molecule has 2 aromatic heterocycles. The summed E-state index contributed by atoms with van der Waals surface area (Å²) in [4.78, 5) is 17.8. The van der Waals surface area contributed by atoms with Gasteiger partial charge in [0.1, 0.15) is 5.69 Å². The molecule has 0 saturated heterocycles. The minimum absolute atomic E-state index is 0.612. The second-order valence-corrected chi connectivity index (χ2v) is 3.76. The van der Waals surface area contributed by atoms with E-state index in [0.29, 0.717) is 5.69 Å². The summed E-state index contributed by atoms with van der Waals surface area (Å²) >= 11 is 1.52. The molecule has 0 saturated carbocycles. The Morgan fingerprint density at radius 2 is 2.38 bits per heavy atom. The van der Waals surface area contributed by atoms with Crippen molar-refractivity contribution in [2.75, 3.05) is 19.0 Å². The number of carbonyl (C=O) groups excluding carboxylic acids is 1. The summed E-state index contributed by atoms with van der Waals surface area (Å²) in [5, 5.41) is 1.91. The summed E-state index contributed by atoms with van der Waals surface area (Å²) in [5.74, 6) is 0.724. The molecule has 0 unspecified atom stereocenters. The molecule has 0 bridgehead atoms. The van der Waals surface area contributed by atoms with Crippen molar-refractivity contribution in [1.82, 2.24) is 9.38 Å². The third-order valence-electron chi connectivity index (χ3n) is 1.81. The molecule has 13 heavy (non-hydrogen) atoms. The van der Waals surface area contributed by atoms with Crippen LogP contribution in [0.25, 0.3) is 4.96 Å². The van der Waals surface area contributed by atoms with Gasteiger partial charge in [0.05, 0.1) is 0 Å². The number of anilines is 1. The van der Waals surface area contributed by atoms with E-state index in [1.807, 2.05) is 30.6 Å². The number of hydrogen-bond donors (Lipinski definition) is 0. The van der Waals surface area contributed by atoms with E-state index in [0.717, 1.165) is 17.1 Å². The van der Waals surface area contributed by atoms with E-state index in [4.69, 9.17) is 0 Å². The smallest absolute Gasteiger partial charge is 0.196 e. The van der Waals surface area contributed by atoms with Gasteiger partial charge in [-0.3, -0.25) is 9.20 Å². The van der Waals surface area contributed by atoms with Crippen molar-refractivity contribution in [3.63, 3.8) is 0 Å². The molecule has 2 heterocycles. The van der Waals surface area contributed by atoms with E-state index in [9.17, 15) is 4.79 Å². The van der Waals surface area contributed by atoms with Gasteiger partial charge in [0.2, 0.25) is 0 Å². The quantitative estimate of drug-likeness (QED) is 0.677. The minimum atomic E-state index is 0.612. The van der Waals surface area contributed by atoms with E-state index in [-0.39, 0.29) is 0 Å². The molecule has 2 aromatic rings. The molecule has 0 aliphatic carbocycles. The molecular formula is C8H9N3OS. The highest BCUT2D eigenvalue weighted by Gasteiger charge is 2.12. The van der Waals surface area contributed by atoms with Crippen molar-refractivity contribution >= 4 is 28.4 Å². The van der Waals surface area contributed by atoms with Crippen LogP contribution in [0.3, 0.4) is 0 Å². The van der Waals surface area contributed by atoms with Crippen LogP contribution in [0.5, 0.6) is 0 Å². The van der Waals surface area contributed by atoms with Crippen LogP contribution in [-0.4, -0.2) is 29.8 Å². The van der Waals surface area contributed by atoms with E-state index in [2.05, 4.69) is 4.98 Å². The molecule has 68 valence electrons. The Labute approximate surface area is 79.4 Å². The topological polar surface area (TPSA) is 37.6 Å². The number of imidazole rings is 1. The van der Waals surface area contributed by atoms with Gasteiger partial charge >= 0.3 is 0 Å². The number of nitrogens with zero attached hydrogens (tertiary/aromatic N) is 3. The standard InChI is InChI=1S/C8H9N3OS/c1-10(2)7-6(5-12)11-3-4-13-8(11)9-7/h3-5H,1-2H3. The molecule has 0 amide bonds. The summed E-state index contributed by atoms with van der Waals surface area (Å²) in [6, 6.07) is 0. The number of rotatable bonds is 2. The van der Waals surface area contributed by atoms with E-state index in [1.54, 1.807) is 4.40 Å². The molecule has 0 aliphatic heterocycles. The SMILES string of the molecule is CN(C)c1nc2sccn2c1C=O. The lowest BCUT2D eigenvalue weighted by Gasteiger charge is -2.07. The van der Waals surface area contributed by atoms with Crippen molar-refractivity contribution in [2.45, 2.75) is 0 Å². The maximum absolute atomic E-state index is 10.8. The van der Waals surface area contributed by atoms with Crippen LogP contribution in [0.1, 0.15) is 10.5 Å². The predicted octanol–water partition coefficient (Wildman–Crippen LogP) is 1.27. The van der Waals surface area contributed by atoms with E-state index in [1.165, 1.54) is 11.3 Å². The Bertz CT molecular complexity index is 443. The van der Waals surface area contributed by atoms with Crippen molar-refractivity contribution in [3.05, 3.63) is 17.3 Å². The zero-order valence-corrected chi connectivity index (χ0v) is 8.21. The van der Waals surface area contributed by atoms with Crippen LogP contribution >= 0.6 is 11.3 Å². The molecular weight excluding hydrogens is 186 g/mol. The zero-order valence-electron chi connectivity index (χ0n) is 7.39. The monoisotopic (exact) mass is 195 g/mol. The van der Waals surface area contributed by atoms with Gasteiger partial charge in [-0.1, -0.05) is 0 Å². The largest absolute Gasteiger partial charge is 0.361 e. The van der Waals surface area contributed by atoms with Crippen molar-refractivity contribution in [1.29, 1.82) is 0 Å². The van der Waals surface area contributed by atoms with Gasteiger partial charge in [-0.05, 0) is 0 Å². The van der Waals surface area contributed by atoms with Gasteiger partial charge in [0.15, 0.2) is 17.1 Å². The Hall–Kier alpha value is -1.36. The summed E-state index contributed by atoms with van der Waals surface area (Å²) in [5.41, 5.74) is 0.612. The molecule has 0 spiro atoms. The average Bonchev–Trinajstić information content (AvgIpc) is 2.60. The Balaban J connectivity index is 2.74. The van der Waals surface area contributed by atoms with Crippen LogP contribution in [-0.2, 0) is 0 Å². The maximum atomic E-state index is 10.8. The van der Waals surface area contributed by atoms with Crippen LogP contribution in [0.2, 0.25) is 0 Å². The molecule has 0 fully saturated rings. The molecule has 0 radical (unpaired) electrons. The third-order valence-corrected chi connectivity index (χ3v) is 2.57. The lowest BCUT2D eigenvalue weighted by atomic mass is 10.4.